The van der Waals surface area contributed by atoms with Crippen molar-refractivity contribution in [3.05, 3.63) is 182 Å². The Morgan fingerprint density at radius 1 is 0.333 bits per heavy atom. The fraction of sp³-hybridized carbons (Fsp3) is 0. The number of para-hydroxylation sites is 2. The van der Waals surface area contributed by atoms with Crippen LogP contribution < -0.4 is 0 Å². The molecule has 0 atom stereocenters. The van der Waals surface area contributed by atoms with E-state index in [0.29, 0.717) is 17.5 Å². The minimum atomic E-state index is 0.630. The molecule has 12 rings (SSSR count). The highest BCUT2D eigenvalue weighted by Crippen LogP contribution is 2.42. The molecule has 0 fully saturated rings. The number of aromatic nitrogens is 4. The van der Waals surface area contributed by atoms with Gasteiger partial charge in [-0.25, -0.2) is 15.0 Å². The van der Waals surface area contributed by atoms with Gasteiger partial charge in [-0.05, 0) is 65.7 Å². The Bertz CT molecular complexity index is 3540. The lowest BCUT2D eigenvalue weighted by Gasteiger charge is -2.15. The van der Waals surface area contributed by atoms with E-state index in [1.807, 2.05) is 0 Å². The van der Waals surface area contributed by atoms with Gasteiger partial charge in [-0.15, -0.1) is 22.7 Å². The molecule has 0 saturated heterocycles. The van der Waals surface area contributed by atoms with Crippen molar-refractivity contribution in [3.63, 3.8) is 0 Å². The normalized spacial score (nSPS) is 11.9. The summed E-state index contributed by atoms with van der Waals surface area (Å²) in [6, 6.07) is 64.9. The molecule has 12 aromatic rings. The van der Waals surface area contributed by atoms with Crippen LogP contribution in [0.2, 0.25) is 0 Å². The number of hydrogen-bond acceptors (Lipinski definition) is 5. The number of thiophene rings is 2. The van der Waals surface area contributed by atoms with Crippen LogP contribution in [0.5, 0.6) is 0 Å². The Balaban J connectivity index is 1.11. The average Bonchev–Trinajstić information content (AvgIpc) is 3.95. The van der Waals surface area contributed by atoms with Crippen molar-refractivity contribution >= 4 is 84.8 Å². The minimum absolute atomic E-state index is 0.630. The van der Waals surface area contributed by atoms with Gasteiger partial charge < -0.3 is 4.57 Å². The molecule has 0 N–H and O–H groups in total. The van der Waals surface area contributed by atoms with Crippen LogP contribution >= 0.6 is 22.7 Å². The summed E-state index contributed by atoms with van der Waals surface area (Å²) in [7, 11) is 0. The van der Waals surface area contributed by atoms with Crippen LogP contribution in [0.3, 0.4) is 0 Å². The van der Waals surface area contributed by atoms with Crippen molar-refractivity contribution in [2.24, 2.45) is 0 Å². The standard InChI is InChI=1S/C51H30N4S2/c1-2-13-31(14-3-1)32-26-28-43-40(29-32)34-15-4-8-20-41(34)55(43)42-21-9-5-17-37(42)50-52-49(33-25-27-36-35-16-6-10-22-44(35)57-47(36)30-33)53-51(54-50)39-19-12-24-46-48(39)38-18-7-11-23-45(38)56-46/h1-30H. The summed E-state index contributed by atoms with van der Waals surface area (Å²) in [5, 5.41) is 7.30. The molecule has 4 aromatic heterocycles. The Kier molecular flexibility index (Phi) is 7.24. The maximum absolute atomic E-state index is 5.39. The quantitative estimate of drug-likeness (QED) is 0.175. The van der Waals surface area contributed by atoms with E-state index in [1.165, 1.54) is 62.2 Å². The van der Waals surface area contributed by atoms with Crippen molar-refractivity contribution in [2.75, 3.05) is 0 Å². The van der Waals surface area contributed by atoms with E-state index in [0.717, 1.165) is 33.4 Å². The van der Waals surface area contributed by atoms with E-state index in [-0.39, 0.29) is 0 Å². The van der Waals surface area contributed by atoms with Gasteiger partial charge in [0.25, 0.3) is 0 Å². The van der Waals surface area contributed by atoms with E-state index in [4.69, 9.17) is 15.0 Å². The number of hydrogen-bond donors (Lipinski definition) is 0. The second-order valence-electron chi connectivity index (χ2n) is 14.4. The summed E-state index contributed by atoms with van der Waals surface area (Å²) < 4.78 is 7.31. The van der Waals surface area contributed by atoms with Gasteiger partial charge in [0.1, 0.15) is 0 Å². The molecular weight excluding hydrogens is 733 g/mol. The smallest absolute Gasteiger partial charge is 0.166 e. The summed E-state index contributed by atoms with van der Waals surface area (Å²) in [5.74, 6) is 1.94. The van der Waals surface area contributed by atoms with Gasteiger partial charge in [0.05, 0.1) is 16.7 Å². The van der Waals surface area contributed by atoms with Crippen LogP contribution in [-0.4, -0.2) is 19.5 Å². The lowest BCUT2D eigenvalue weighted by atomic mass is 10.0. The molecule has 0 aliphatic heterocycles. The largest absolute Gasteiger partial charge is 0.309 e. The summed E-state index contributed by atoms with van der Waals surface area (Å²) in [6.07, 6.45) is 0. The molecule has 6 heteroatoms. The maximum atomic E-state index is 5.39. The van der Waals surface area contributed by atoms with E-state index in [9.17, 15) is 0 Å². The number of benzene rings is 8. The minimum Gasteiger partial charge on any atom is -0.309 e. The molecule has 266 valence electrons. The molecule has 8 aromatic carbocycles. The lowest BCUT2D eigenvalue weighted by Crippen LogP contribution is -2.03. The SMILES string of the molecule is c1ccc(-c2ccc3c(c2)c2ccccc2n3-c2ccccc2-c2nc(-c3ccc4c(c3)sc3ccccc34)nc(-c3cccc4sc5ccccc5c34)n2)cc1. The highest BCUT2D eigenvalue weighted by atomic mass is 32.1. The van der Waals surface area contributed by atoms with Crippen molar-refractivity contribution in [1.82, 2.24) is 19.5 Å². The van der Waals surface area contributed by atoms with Gasteiger partial charge in [-0.1, -0.05) is 127 Å². The summed E-state index contributed by atoms with van der Waals surface area (Å²) in [4.78, 5) is 16.0. The van der Waals surface area contributed by atoms with E-state index < -0.39 is 0 Å². The van der Waals surface area contributed by atoms with E-state index >= 15 is 0 Å². The number of nitrogens with zero attached hydrogens (tertiary/aromatic N) is 4. The fourth-order valence-electron chi connectivity index (χ4n) is 8.47. The molecule has 0 aliphatic rings. The Morgan fingerprint density at radius 2 is 0.930 bits per heavy atom. The van der Waals surface area contributed by atoms with Crippen molar-refractivity contribution in [2.45, 2.75) is 0 Å². The Hall–Kier alpha value is -6.99. The number of fused-ring (bicyclic) bond motifs is 9. The van der Waals surface area contributed by atoms with Crippen LogP contribution in [0.15, 0.2) is 182 Å². The van der Waals surface area contributed by atoms with Gasteiger partial charge in [-0.3, -0.25) is 0 Å². The zero-order valence-electron chi connectivity index (χ0n) is 30.4. The van der Waals surface area contributed by atoms with Gasteiger partial charge in [0, 0.05) is 67.8 Å². The van der Waals surface area contributed by atoms with Gasteiger partial charge in [0.2, 0.25) is 0 Å². The Labute approximate surface area is 335 Å². The molecule has 0 unspecified atom stereocenters. The molecule has 0 spiro atoms. The first-order valence-electron chi connectivity index (χ1n) is 19.0. The summed E-state index contributed by atoms with van der Waals surface area (Å²) in [6.45, 7) is 0. The molecule has 4 heterocycles. The first kappa shape index (κ1) is 32.3. The third kappa shape index (κ3) is 5.15. The molecule has 0 radical (unpaired) electrons. The third-order valence-corrected chi connectivity index (χ3v) is 13.4. The monoisotopic (exact) mass is 762 g/mol. The zero-order chi connectivity index (χ0) is 37.5. The van der Waals surface area contributed by atoms with Crippen LogP contribution in [0.4, 0.5) is 0 Å². The predicted octanol–water partition coefficient (Wildman–Crippen LogP) is 14.4. The van der Waals surface area contributed by atoms with Gasteiger partial charge in [0.15, 0.2) is 17.5 Å². The summed E-state index contributed by atoms with van der Waals surface area (Å²) >= 11 is 3.61. The molecule has 0 aliphatic carbocycles. The highest BCUT2D eigenvalue weighted by Gasteiger charge is 2.21. The van der Waals surface area contributed by atoms with E-state index in [2.05, 4.69) is 187 Å². The van der Waals surface area contributed by atoms with E-state index in [1.54, 1.807) is 22.7 Å². The molecular formula is C51H30N4S2. The van der Waals surface area contributed by atoms with Crippen molar-refractivity contribution in [3.8, 4) is 51.0 Å². The van der Waals surface area contributed by atoms with Crippen LogP contribution in [0.25, 0.3) is 113 Å². The average molecular weight is 763 g/mol. The fourth-order valence-corrected chi connectivity index (χ4v) is 10.7. The molecule has 0 saturated carbocycles. The second-order valence-corrected chi connectivity index (χ2v) is 16.5. The summed E-state index contributed by atoms with van der Waals surface area (Å²) in [5.41, 5.74) is 8.55. The van der Waals surface area contributed by atoms with Crippen LogP contribution in [0, 0.1) is 0 Å². The number of rotatable bonds is 5. The van der Waals surface area contributed by atoms with Crippen LogP contribution in [0.1, 0.15) is 0 Å². The highest BCUT2D eigenvalue weighted by molar-refractivity contribution is 7.26. The van der Waals surface area contributed by atoms with Gasteiger partial charge >= 0.3 is 0 Å². The van der Waals surface area contributed by atoms with Crippen molar-refractivity contribution in [1.29, 1.82) is 0 Å². The molecule has 0 amide bonds. The maximum Gasteiger partial charge on any atom is 0.166 e. The predicted molar refractivity (Wildman–Crippen MR) is 242 cm³/mol. The Morgan fingerprint density at radius 3 is 1.81 bits per heavy atom. The first-order chi connectivity index (χ1) is 28.2. The molecule has 4 nitrogen and oxygen atoms in total. The molecule has 0 bridgehead atoms. The first-order valence-corrected chi connectivity index (χ1v) is 20.7. The lowest BCUT2D eigenvalue weighted by molar-refractivity contribution is 1.07. The topological polar surface area (TPSA) is 43.6 Å². The second kappa shape index (κ2) is 12.8. The van der Waals surface area contributed by atoms with Crippen molar-refractivity contribution < 1.29 is 0 Å². The zero-order valence-corrected chi connectivity index (χ0v) is 32.1. The van der Waals surface area contributed by atoms with Gasteiger partial charge in [-0.2, -0.15) is 0 Å². The molecule has 57 heavy (non-hydrogen) atoms. The third-order valence-electron chi connectivity index (χ3n) is 11.1. The van der Waals surface area contributed by atoms with Crippen LogP contribution in [-0.2, 0) is 0 Å².